The third-order valence-electron chi connectivity index (χ3n) is 4.09. The molecule has 1 unspecified atom stereocenters. The molecule has 0 bridgehead atoms. The number of carbonyl (C=O) groups is 1. The van der Waals surface area contributed by atoms with E-state index in [1.807, 2.05) is 0 Å². The van der Waals surface area contributed by atoms with Crippen molar-refractivity contribution in [3.8, 4) is 0 Å². The molecule has 2 aliphatic rings. The first-order valence-corrected chi connectivity index (χ1v) is 7.98. The molecule has 0 aromatic carbocycles. The normalized spacial score (nSPS) is 22.2. The van der Waals surface area contributed by atoms with E-state index in [2.05, 4.69) is 15.2 Å². The molecule has 2 fully saturated rings. The van der Waals surface area contributed by atoms with Gasteiger partial charge in [0.25, 0.3) is 0 Å². The molecule has 1 N–H and O–H groups in total. The summed E-state index contributed by atoms with van der Waals surface area (Å²) in [5, 5.41) is 3.45. The Bertz CT molecular complexity index is 365. The van der Waals surface area contributed by atoms with Crippen molar-refractivity contribution in [2.75, 3.05) is 53.5 Å². The standard InChI is InChI=1S/C15H28N4O2.HI/c1-18(2)14(20)11-17-15(19-7-4-3-5-8-19)16-10-13-6-9-21-12-13;/h13H,3-12H2,1-2H3,(H,16,17);1H. The lowest BCUT2D eigenvalue weighted by Gasteiger charge is -2.30. The zero-order chi connectivity index (χ0) is 15.1. The summed E-state index contributed by atoms with van der Waals surface area (Å²) in [6.45, 7) is 4.85. The first-order valence-electron chi connectivity index (χ1n) is 7.98. The molecule has 22 heavy (non-hydrogen) atoms. The van der Waals surface area contributed by atoms with E-state index in [0.717, 1.165) is 45.2 Å². The second kappa shape index (κ2) is 10.3. The van der Waals surface area contributed by atoms with Crippen molar-refractivity contribution in [2.24, 2.45) is 10.9 Å². The van der Waals surface area contributed by atoms with E-state index in [-0.39, 0.29) is 36.4 Å². The zero-order valence-electron chi connectivity index (χ0n) is 13.7. The van der Waals surface area contributed by atoms with Crippen molar-refractivity contribution in [3.05, 3.63) is 0 Å². The van der Waals surface area contributed by atoms with Crippen LogP contribution in [0.25, 0.3) is 0 Å². The smallest absolute Gasteiger partial charge is 0.243 e. The number of likely N-dealkylation sites (N-methyl/N-ethyl adjacent to an activating group) is 1. The van der Waals surface area contributed by atoms with Crippen LogP contribution in [0.15, 0.2) is 4.99 Å². The summed E-state index contributed by atoms with van der Waals surface area (Å²) in [4.78, 5) is 20.1. The molecule has 2 aliphatic heterocycles. The predicted molar refractivity (Wildman–Crippen MR) is 98.8 cm³/mol. The number of piperidine rings is 1. The Kier molecular flexibility index (Phi) is 9.08. The van der Waals surface area contributed by atoms with Crippen LogP contribution in [0.4, 0.5) is 0 Å². The third kappa shape index (κ3) is 6.28. The lowest BCUT2D eigenvalue weighted by atomic mass is 10.1. The minimum absolute atomic E-state index is 0. The molecule has 0 radical (unpaired) electrons. The minimum Gasteiger partial charge on any atom is -0.381 e. The Balaban J connectivity index is 0.00000242. The van der Waals surface area contributed by atoms with Gasteiger partial charge in [-0.2, -0.15) is 0 Å². The Morgan fingerprint density at radius 1 is 1.32 bits per heavy atom. The second-order valence-corrected chi connectivity index (χ2v) is 6.09. The largest absolute Gasteiger partial charge is 0.381 e. The maximum atomic E-state index is 11.7. The molecule has 0 saturated carbocycles. The highest BCUT2D eigenvalue weighted by molar-refractivity contribution is 14.0. The topological polar surface area (TPSA) is 57.2 Å². The highest BCUT2D eigenvalue weighted by atomic mass is 127. The van der Waals surface area contributed by atoms with E-state index in [1.165, 1.54) is 19.3 Å². The molecular formula is C15H29IN4O2. The number of ether oxygens (including phenoxy) is 1. The van der Waals surface area contributed by atoms with E-state index >= 15 is 0 Å². The first-order chi connectivity index (χ1) is 10.2. The van der Waals surface area contributed by atoms with E-state index in [9.17, 15) is 4.79 Å². The van der Waals surface area contributed by atoms with Gasteiger partial charge in [0.1, 0.15) is 6.54 Å². The van der Waals surface area contributed by atoms with Crippen molar-refractivity contribution < 1.29 is 9.53 Å². The van der Waals surface area contributed by atoms with Crippen LogP contribution in [-0.2, 0) is 9.53 Å². The van der Waals surface area contributed by atoms with Gasteiger partial charge in [0.15, 0.2) is 5.96 Å². The van der Waals surface area contributed by atoms with Crippen LogP contribution in [0.1, 0.15) is 25.7 Å². The molecule has 6 nitrogen and oxygen atoms in total. The second-order valence-electron chi connectivity index (χ2n) is 6.09. The fourth-order valence-electron chi connectivity index (χ4n) is 2.64. The van der Waals surface area contributed by atoms with Crippen LogP contribution in [0, 0.1) is 5.92 Å². The minimum atomic E-state index is 0. The Morgan fingerprint density at radius 2 is 2.05 bits per heavy atom. The van der Waals surface area contributed by atoms with E-state index < -0.39 is 0 Å². The number of halogens is 1. The number of guanidine groups is 1. The van der Waals surface area contributed by atoms with Gasteiger partial charge < -0.3 is 19.9 Å². The van der Waals surface area contributed by atoms with Gasteiger partial charge in [-0.05, 0) is 25.7 Å². The third-order valence-corrected chi connectivity index (χ3v) is 4.09. The van der Waals surface area contributed by atoms with Crippen molar-refractivity contribution in [1.82, 2.24) is 15.1 Å². The summed E-state index contributed by atoms with van der Waals surface area (Å²) in [7, 11) is 3.53. The number of amides is 1. The van der Waals surface area contributed by atoms with Gasteiger partial charge in [-0.1, -0.05) is 0 Å². The number of hydrogen-bond donors (Lipinski definition) is 1. The van der Waals surface area contributed by atoms with Gasteiger partial charge in [0.05, 0.1) is 6.61 Å². The van der Waals surface area contributed by atoms with Crippen molar-refractivity contribution in [2.45, 2.75) is 25.7 Å². The molecule has 1 atom stereocenters. The maximum absolute atomic E-state index is 11.7. The van der Waals surface area contributed by atoms with Crippen LogP contribution < -0.4 is 5.32 Å². The lowest BCUT2D eigenvalue weighted by molar-refractivity contribution is -0.127. The molecule has 128 valence electrons. The Labute approximate surface area is 150 Å². The SMILES string of the molecule is CN(C)C(=O)CN=C(NCC1CCOC1)N1CCCCC1.I. The van der Waals surface area contributed by atoms with E-state index in [1.54, 1.807) is 19.0 Å². The number of aliphatic imine (C=N–C) groups is 1. The molecule has 0 spiro atoms. The summed E-state index contributed by atoms with van der Waals surface area (Å²) in [6.07, 6.45) is 4.80. The van der Waals surface area contributed by atoms with Crippen LogP contribution in [0.5, 0.6) is 0 Å². The molecular weight excluding hydrogens is 395 g/mol. The predicted octanol–water partition coefficient (Wildman–Crippen LogP) is 1.16. The summed E-state index contributed by atoms with van der Waals surface area (Å²) in [6, 6.07) is 0. The summed E-state index contributed by atoms with van der Waals surface area (Å²) < 4.78 is 5.41. The molecule has 0 aromatic rings. The molecule has 0 aliphatic carbocycles. The molecule has 2 heterocycles. The zero-order valence-corrected chi connectivity index (χ0v) is 16.0. The van der Waals surface area contributed by atoms with Crippen molar-refractivity contribution in [3.63, 3.8) is 0 Å². The summed E-state index contributed by atoms with van der Waals surface area (Å²) in [5.74, 6) is 1.48. The van der Waals surface area contributed by atoms with Crippen LogP contribution in [0.3, 0.4) is 0 Å². The molecule has 2 rings (SSSR count). The van der Waals surface area contributed by atoms with Gasteiger partial charge in [-0.25, -0.2) is 4.99 Å². The fourth-order valence-corrected chi connectivity index (χ4v) is 2.64. The van der Waals surface area contributed by atoms with Crippen LogP contribution >= 0.6 is 24.0 Å². The van der Waals surface area contributed by atoms with Crippen molar-refractivity contribution >= 4 is 35.8 Å². The first kappa shape index (κ1) is 19.5. The molecule has 0 aromatic heterocycles. The van der Waals surface area contributed by atoms with E-state index in [4.69, 9.17) is 4.74 Å². The van der Waals surface area contributed by atoms with Gasteiger partial charge in [-0.3, -0.25) is 4.79 Å². The molecule has 1 amide bonds. The van der Waals surface area contributed by atoms with Gasteiger partial charge in [-0.15, -0.1) is 24.0 Å². The Morgan fingerprint density at radius 3 is 2.64 bits per heavy atom. The number of nitrogens with zero attached hydrogens (tertiary/aromatic N) is 3. The lowest BCUT2D eigenvalue weighted by Crippen LogP contribution is -2.46. The van der Waals surface area contributed by atoms with Crippen LogP contribution in [-0.4, -0.2) is 75.2 Å². The highest BCUT2D eigenvalue weighted by Gasteiger charge is 2.19. The summed E-state index contributed by atoms with van der Waals surface area (Å²) in [5.41, 5.74) is 0. The van der Waals surface area contributed by atoms with Crippen molar-refractivity contribution in [1.29, 1.82) is 0 Å². The summed E-state index contributed by atoms with van der Waals surface area (Å²) >= 11 is 0. The number of hydrogen-bond acceptors (Lipinski definition) is 3. The maximum Gasteiger partial charge on any atom is 0.243 e. The van der Waals surface area contributed by atoms with Gasteiger partial charge >= 0.3 is 0 Å². The number of carbonyl (C=O) groups excluding carboxylic acids is 1. The number of nitrogens with one attached hydrogen (secondary N) is 1. The average Bonchev–Trinajstić information content (AvgIpc) is 3.01. The van der Waals surface area contributed by atoms with E-state index in [0.29, 0.717) is 5.92 Å². The monoisotopic (exact) mass is 424 g/mol. The molecule has 7 heteroatoms. The highest BCUT2D eigenvalue weighted by Crippen LogP contribution is 2.12. The number of likely N-dealkylation sites (tertiary alicyclic amines) is 1. The van der Waals surface area contributed by atoms with Gasteiger partial charge in [0.2, 0.25) is 5.91 Å². The fraction of sp³-hybridized carbons (Fsp3) is 0.867. The quantitative estimate of drug-likeness (QED) is 0.418. The van der Waals surface area contributed by atoms with Gasteiger partial charge in [0, 0.05) is 46.3 Å². The average molecular weight is 424 g/mol. The molecule has 2 saturated heterocycles. The Hall–Kier alpha value is -0.570. The number of rotatable bonds is 4. The van der Waals surface area contributed by atoms with Crippen LogP contribution in [0.2, 0.25) is 0 Å².